The molecule has 1 aliphatic carbocycles. The maximum atomic E-state index is 13.6. The molecule has 6 nitrogen and oxygen atoms in total. The van der Waals surface area contributed by atoms with Crippen molar-refractivity contribution in [2.45, 2.75) is 60.4 Å². The Hall–Kier alpha value is -2.94. The third kappa shape index (κ3) is 5.12. The number of sulfonamides is 1. The molecule has 0 aliphatic heterocycles. The van der Waals surface area contributed by atoms with Crippen molar-refractivity contribution in [2.24, 2.45) is 0 Å². The second-order valence-corrected chi connectivity index (χ2v) is 12.0. The van der Waals surface area contributed by atoms with E-state index in [2.05, 4.69) is 11.6 Å². The number of hydrogen-bond acceptors (Lipinski definition) is 5. The Balaban J connectivity index is 1.53. The number of nitrogens with zero attached hydrogens (tertiary/aromatic N) is 2. The fourth-order valence-corrected chi connectivity index (χ4v) is 7.46. The third-order valence-electron chi connectivity index (χ3n) is 6.67. The van der Waals surface area contributed by atoms with Gasteiger partial charge in [-0.3, -0.25) is 9.36 Å². The van der Waals surface area contributed by atoms with Gasteiger partial charge in [0.25, 0.3) is 5.56 Å². The Morgan fingerprint density at radius 3 is 2.39 bits per heavy atom. The van der Waals surface area contributed by atoms with Crippen LogP contribution in [0.3, 0.4) is 0 Å². The van der Waals surface area contributed by atoms with E-state index in [-0.39, 0.29) is 21.7 Å². The molecule has 0 amide bonds. The first-order valence-electron chi connectivity index (χ1n) is 12.3. The minimum atomic E-state index is -3.65. The highest BCUT2D eigenvalue weighted by molar-refractivity contribution is 7.99. The van der Waals surface area contributed by atoms with Crippen LogP contribution < -0.4 is 10.3 Å². The van der Waals surface area contributed by atoms with Gasteiger partial charge in [0.15, 0.2) is 5.16 Å². The van der Waals surface area contributed by atoms with Crippen molar-refractivity contribution in [3.63, 3.8) is 0 Å². The minimum Gasteiger partial charge on any atom is -0.268 e. The fourth-order valence-electron chi connectivity index (χ4n) is 4.67. The molecule has 0 bridgehead atoms. The van der Waals surface area contributed by atoms with E-state index in [0.29, 0.717) is 16.1 Å². The molecule has 8 heteroatoms. The van der Waals surface area contributed by atoms with Gasteiger partial charge in [-0.2, -0.15) is 0 Å². The van der Waals surface area contributed by atoms with Crippen LogP contribution in [0.25, 0.3) is 16.6 Å². The van der Waals surface area contributed by atoms with Gasteiger partial charge in [-0.25, -0.2) is 18.1 Å². The van der Waals surface area contributed by atoms with Crippen LogP contribution >= 0.6 is 11.8 Å². The fraction of sp³-hybridized carbons (Fsp3) is 0.286. The average Bonchev–Trinajstić information content (AvgIpc) is 2.90. The molecular formula is C28H29N3O3S2. The van der Waals surface area contributed by atoms with Crippen LogP contribution in [0, 0.1) is 0 Å². The molecule has 186 valence electrons. The van der Waals surface area contributed by atoms with Crippen LogP contribution in [-0.2, 0) is 16.4 Å². The van der Waals surface area contributed by atoms with Crippen molar-refractivity contribution >= 4 is 32.7 Å². The molecule has 0 radical (unpaired) electrons. The van der Waals surface area contributed by atoms with Crippen molar-refractivity contribution in [2.75, 3.05) is 0 Å². The van der Waals surface area contributed by atoms with E-state index in [4.69, 9.17) is 4.98 Å². The van der Waals surface area contributed by atoms with Crippen LogP contribution in [0.2, 0.25) is 0 Å². The smallest absolute Gasteiger partial charge is 0.266 e. The molecule has 36 heavy (non-hydrogen) atoms. The van der Waals surface area contributed by atoms with Crippen molar-refractivity contribution < 1.29 is 8.42 Å². The number of thioether (sulfide) groups is 1. The molecule has 1 N–H and O–H groups in total. The summed E-state index contributed by atoms with van der Waals surface area (Å²) in [7, 11) is -3.65. The largest absolute Gasteiger partial charge is 0.268 e. The van der Waals surface area contributed by atoms with E-state index >= 15 is 0 Å². The summed E-state index contributed by atoms with van der Waals surface area (Å²) in [6.07, 6.45) is 4.45. The van der Waals surface area contributed by atoms with Crippen LogP contribution in [0.5, 0.6) is 0 Å². The van der Waals surface area contributed by atoms with Crippen molar-refractivity contribution in [3.05, 3.63) is 94.8 Å². The predicted molar refractivity (Wildman–Crippen MR) is 145 cm³/mol. The molecule has 1 saturated carbocycles. The second kappa shape index (κ2) is 10.6. The van der Waals surface area contributed by atoms with Gasteiger partial charge in [-0.15, -0.1) is 0 Å². The third-order valence-corrected chi connectivity index (χ3v) is 9.52. The van der Waals surface area contributed by atoms with E-state index in [1.807, 2.05) is 42.5 Å². The maximum Gasteiger partial charge on any atom is 0.266 e. The summed E-state index contributed by atoms with van der Waals surface area (Å²) in [5.74, 6) is 0. The lowest BCUT2D eigenvalue weighted by Crippen LogP contribution is -2.44. The SMILES string of the molecule is CCc1ccc(-n2c(SC3CCCCC3NS(=O)(=O)c3ccccc3)nc3ccccc3c2=O)cc1. The number of benzene rings is 3. The highest BCUT2D eigenvalue weighted by Gasteiger charge is 2.31. The lowest BCUT2D eigenvalue weighted by atomic mass is 9.96. The van der Waals surface area contributed by atoms with E-state index < -0.39 is 10.0 Å². The first kappa shape index (κ1) is 24.7. The first-order valence-corrected chi connectivity index (χ1v) is 14.7. The molecule has 0 spiro atoms. The summed E-state index contributed by atoms with van der Waals surface area (Å²) < 4.78 is 30.8. The zero-order valence-electron chi connectivity index (χ0n) is 20.1. The van der Waals surface area contributed by atoms with E-state index in [1.165, 1.54) is 17.3 Å². The number of fused-ring (bicyclic) bond motifs is 1. The van der Waals surface area contributed by atoms with Gasteiger partial charge in [0.2, 0.25) is 10.0 Å². The van der Waals surface area contributed by atoms with Crippen LogP contribution in [0.4, 0.5) is 0 Å². The number of hydrogen-bond donors (Lipinski definition) is 1. The molecule has 0 saturated heterocycles. The van der Waals surface area contributed by atoms with Crippen molar-refractivity contribution in [3.8, 4) is 5.69 Å². The van der Waals surface area contributed by atoms with Crippen molar-refractivity contribution in [1.82, 2.24) is 14.3 Å². The standard InChI is InChI=1S/C28H29N3O3S2/c1-2-20-16-18-21(19-17-20)31-27(32)23-12-6-7-13-24(23)29-28(31)35-26-15-9-8-14-25(26)30-36(33,34)22-10-4-3-5-11-22/h3-7,10-13,16-19,25-26,30H,2,8-9,14-15H2,1H3. The van der Waals surface area contributed by atoms with Crippen molar-refractivity contribution in [1.29, 1.82) is 0 Å². The lowest BCUT2D eigenvalue weighted by Gasteiger charge is -2.31. The van der Waals surface area contributed by atoms with Gasteiger partial charge >= 0.3 is 0 Å². The summed E-state index contributed by atoms with van der Waals surface area (Å²) in [6, 6.07) is 23.6. The Bertz CT molecular complexity index is 1520. The normalized spacial score (nSPS) is 18.4. The predicted octanol–water partition coefficient (Wildman–Crippen LogP) is 5.33. The van der Waals surface area contributed by atoms with Gasteiger partial charge in [-0.05, 0) is 61.2 Å². The quantitative estimate of drug-likeness (QED) is 0.334. The van der Waals surface area contributed by atoms with Gasteiger partial charge in [0.05, 0.1) is 21.5 Å². The molecule has 5 rings (SSSR count). The minimum absolute atomic E-state index is 0.0496. The Morgan fingerprint density at radius 1 is 0.944 bits per heavy atom. The second-order valence-electron chi connectivity index (χ2n) is 9.05. The molecule has 1 fully saturated rings. The molecule has 1 aromatic heterocycles. The first-order chi connectivity index (χ1) is 17.5. The highest BCUT2D eigenvalue weighted by atomic mass is 32.2. The molecule has 2 unspecified atom stereocenters. The van der Waals surface area contributed by atoms with E-state index in [0.717, 1.165) is 37.8 Å². The average molecular weight is 520 g/mol. The molecule has 2 atom stereocenters. The Labute approximate surface area is 215 Å². The number of rotatable bonds is 7. The topological polar surface area (TPSA) is 81.1 Å². The Morgan fingerprint density at radius 2 is 1.64 bits per heavy atom. The summed E-state index contributed by atoms with van der Waals surface area (Å²) in [5.41, 5.74) is 2.47. The number of aromatic nitrogens is 2. The molecule has 3 aromatic carbocycles. The summed E-state index contributed by atoms with van der Waals surface area (Å²) in [4.78, 5) is 18.8. The van der Waals surface area contributed by atoms with E-state index in [9.17, 15) is 13.2 Å². The van der Waals surface area contributed by atoms with Crippen LogP contribution in [0.1, 0.15) is 38.2 Å². The number of nitrogens with one attached hydrogen (secondary N) is 1. The Kier molecular flexibility index (Phi) is 7.27. The zero-order valence-corrected chi connectivity index (χ0v) is 21.8. The molecular weight excluding hydrogens is 490 g/mol. The molecule has 1 heterocycles. The summed E-state index contributed by atoms with van der Waals surface area (Å²) in [5, 5.41) is 1.09. The monoisotopic (exact) mass is 519 g/mol. The van der Waals surface area contributed by atoms with Gasteiger partial charge in [0, 0.05) is 11.3 Å². The number of aryl methyl sites for hydroxylation is 1. The van der Waals surface area contributed by atoms with Gasteiger partial charge in [0.1, 0.15) is 0 Å². The van der Waals surface area contributed by atoms with E-state index in [1.54, 1.807) is 41.0 Å². The zero-order chi connectivity index (χ0) is 25.1. The van der Waals surface area contributed by atoms with Gasteiger partial charge in [-0.1, -0.05) is 74.0 Å². The summed E-state index contributed by atoms with van der Waals surface area (Å²) in [6.45, 7) is 2.10. The van der Waals surface area contributed by atoms with Gasteiger partial charge < -0.3 is 0 Å². The maximum absolute atomic E-state index is 13.6. The number of para-hydroxylation sites is 1. The lowest BCUT2D eigenvalue weighted by molar-refractivity contribution is 0.422. The van der Waals surface area contributed by atoms with Crippen LogP contribution in [0.15, 0.2) is 93.7 Å². The summed E-state index contributed by atoms with van der Waals surface area (Å²) >= 11 is 1.49. The molecule has 4 aromatic rings. The highest BCUT2D eigenvalue weighted by Crippen LogP contribution is 2.35. The van der Waals surface area contributed by atoms with Crippen LogP contribution in [-0.4, -0.2) is 29.3 Å². The molecule has 1 aliphatic rings.